The van der Waals surface area contributed by atoms with E-state index in [4.69, 9.17) is 4.98 Å². The summed E-state index contributed by atoms with van der Waals surface area (Å²) in [5.41, 5.74) is 5.37. The fraction of sp³-hybridized carbons (Fsp3) is 0.211. The molecule has 0 saturated heterocycles. The van der Waals surface area contributed by atoms with Gasteiger partial charge in [0, 0.05) is 16.9 Å². The van der Waals surface area contributed by atoms with Gasteiger partial charge in [-0.3, -0.25) is 0 Å². The summed E-state index contributed by atoms with van der Waals surface area (Å²) < 4.78 is 0. The van der Waals surface area contributed by atoms with Crippen LogP contribution in [-0.4, -0.2) is 4.98 Å². The van der Waals surface area contributed by atoms with Crippen molar-refractivity contribution in [1.82, 2.24) is 4.98 Å². The van der Waals surface area contributed by atoms with Gasteiger partial charge in [0.05, 0.1) is 10.7 Å². The normalized spacial score (nSPS) is 17.4. The molecule has 0 amide bonds. The number of fused-ring (bicyclic) bond motifs is 1. The van der Waals surface area contributed by atoms with E-state index in [0.717, 1.165) is 12.1 Å². The SMILES string of the molecule is c1ccc(-c2csc(C3CCc4ccccc4C3)n2)cc1. The first-order valence-electron chi connectivity index (χ1n) is 7.48. The second-order valence-electron chi connectivity index (χ2n) is 5.65. The summed E-state index contributed by atoms with van der Waals surface area (Å²) in [5, 5.41) is 3.49. The summed E-state index contributed by atoms with van der Waals surface area (Å²) in [5.74, 6) is 0.586. The standard InChI is InChI=1S/C19H17NS/c1-2-7-15(8-3-1)18-13-21-19(20-18)17-11-10-14-6-4-5-9-16(14)12-17/h1-9,13,17H,10-12H2. The van der Waals surface area contributed by atoms with E-state index < -0.39 is 0 Å². The Morgan fingerprint density at radius 2 is 1.67 bits per heavy atom. The fourth-order valence-corrected chi connectivity index (χ4v) is 4.09. The second kappa shape index (κ2) is 5.45. The van der Waals surface area contributed by atoms with Crippen molar-refractivity contribution >= 4 is 11.3 Å². The van der Waals surface area contributed by atoms with Crippen molar-refractivity contribution < 1.29 is 0 Å². The molecule has 1 atom stereocenters. The molecule has 1 nitrogen and oxygen atoms in total. The highest BCUT2D eigenvalue weighted by Gasteiger charge is 2.22. The van der Waals surface area contributed by atoms with Gasteiger partial charge in [-0.25, -0.2) is 4.98 Å². The number of aromatic nitrogens is 1. The molecule has 1 unspecified atom stereocenters. The Labute approximate surface area is 129 Å². The van der Waals surface area contributed by atoms with Crippen molar-refractivity contribution in [3.05, 3.63) is 76.1 Å². The highest BCUT2D eigenvalue weighted by Crippen LogP contribution is 2.35. The zero-order chi connectivity index (χ0) is 14.1. The van der Waals surface area contributed by atoms with Gasteiger partial charge in [-0.05, 0) is 30.4 Å². The van der Waals surface area contributed by atoms with Crippen LogP contribution in [0, 0.1) is 0 Å². The molecule has 1 aromatic heterocycles. The zero-order valence-corrected chi connectivity index (χ0v) is 12.6. The number of aryl methyl sites for hydroxylation is 1. The van der Waals surface area contributed by atoms with Gasteiger partial charge >= 0.3 is 0 Å². The van der Waals surface area contributed by atoms with Crippen molar-refractivity contribution in [2.45, 2.75) is 25.2 Å². The lowest BCUT2D eigenvalue weighted by molar-refractivity contribution is 0.582. The first-order chi connectivity index (χ1) is 10.4. The monoisotopic (exact) mass is 291 g/mol. The van der Waals surface area contributed by atoms with Crippen molar-refractivity contribution in [2.75, 3.05) is 0 Å². The van der Waals surface area contributed by atoms with Gasteiger partial charge in [-0.15, -0.1) is 11.3 Å². The Bertz CT molecular complexity index is 745. The number of hydrogen-bond acceptors (Lipinski definition) is 2. The average molecular weight is 291 g/mol. The summed E-state index contributed by atoms with van der Waals surface area (Å²) in [6.07, 6.45) is 3.54. The summed E-state index contributed by atoms with van der Waals surface area (Å²) in [4.78, 5) is 4.90. The molecule has 1 aliphatic rings. The van der Waals surface area contributed by atoms with E-state index in [0.29, 0.717) is 5.92 Å². The maximum absolute atomic E-state index is 4.90. The molecule has 0 N–H and O–H groups in total. The lowest BCUT2D eigenvalue weighted by Gasteiger charge is -2.22. The third-order valence-corrected chi connectivity index (χ3v) is 5.29. The third kappa shape index (κ3) is 2.52. The molecular weight excluding hydrogens is 274 g/mol. The number of rotatable bonds is 2. The van der Waals surface area contributed by atoms with Crippen LogP contribution in [0.4, 0.5) is 0 Å². The molecule has 0 spiro atoms. The van der Waals surface area contributed by atoms with E-state index in [1.165, 1.54) is 34.5 Å². The quantitative estimate of drug-likeness (QED) is 0.641. The predicted octanol–water partition coefficient (Wildman–Crippen LogP) is 5.08. The fourth-order valence-electron chi connectivity index (χ4n) is 3.13. The van der Waals surface area contributed by atoms with Gasteiger partial charge < -0.3 is 0 Å². The van der Waals surface area contributed by atoms with Crippen molar-refractivity contribution in [2.24, 2.45) is 0 Å². The van der Waals surface area contributed by atoms with Gasteiger partial charge in [-0.2, -0.15) is 0 Å². The van der Waals surface area contributed by atoms with Crippen LogP contribution in [0.2, 0.25) is 0 Å². The second-order valence-corrected chi connectivity index (χ2v) is 6.54. The highest BCUT2D eigenvalue weighted by molar-refractivity contribution is 7.10. The van der Waals surface area contributed by atoms with Gasteiger partial charge in [0.1, 0.15) is 0 Å². The van der Waals surface area contributed by atoms with Gasteiger partial charge in [0.25, 0.3) is 0 Å². The lowest BCUT2D eigenvalue weighted by atomic mass is 9.84. The highest BCUT2D eigenvalue weighted by atomic mass is 32.1. The summed E-state index contributed by atoms with van der Waals surface area (Å²) in [6.45, 7) is 0. The first-order valence-corrected chi connectivity index (χ1v) is 8.36. The van der Waals surface area contributed by atoms with Gasteiger partial charge in [-0.1, -0.05) is 54.6 Å². The Morgan fingerprint density at radius 3 is 2.52 bits per heavy atom. The van der Waals surface area contributed by atoms with E-state index in [9.17, 15) is 0 Å². The largest absolute Gasteiger partial charge is 0.241 e. The van der Waals surface area contributed by atoms with Crippen LogP contribution in [-0.2, 0) is 12.8 Å². The molecule has 0 saturated carbocycles. The van der Waals surface area contributed by atoms with Gasteiger partial charge in [0.2, 0.25) is 0 Å². The van der Waals surface area contributed by atoms with Crippen LogP contribution < -0.4 is 0 Å². The number of benzene rings is 2. The summed E-state index contributed by atoms with van der Waals surface area (Å²) >= 11 is 1.81. The molecule has 21 heavy (non-hydrogen) atoms. The third-order valence-electron chi connectivity index (χ3n) is 4.29. The predicted molar refractivity (Wildman–Crippen MR) is 88.8 cm³/mol. The van der Waals surface area contributed by atoms with Crippen molar-refractivity contribution in [3.63, 3.8) is 0 Å². The van der Waals surface area contributed by atoms with Crippen molar-refractivity contribution in [1.29, 1.82) is 0 Å². The molecule has 3 aromatic rings. The molecule has 1 heterocycles. The van der Waals surface area contributed by atoms with Crippen LogP contribution in [0.5, 0.6) is 0 Å². The molecule has 2 heteroatoms. The maximum atomic E-state index is 4.90. The first kappa shape index (κ1) is 12.8. The maximum Gasteiger partial charge on any atom is 0.0967 e. The molecule has 0 bridgehead atoms. The van der Waals surface area contributed by atoms with Crippen LogP contribution in [0.25, 0.3) is 11.3 Å². The van der Waals surface area contributed by atoms with E-state index >= 15 is 0 Å². The minimum atomic E-state index is 0.586. The van der Waals surface area contributed by atoms with E-state index in [1.54, 1.807) is 0 Å². The molecule has 2 aromatic carbocycles. The summed E-state index contributed by atoms with van der Waals surface area (Å²) in [6, 6.07) is 19.3. The van der Waals surface area contributed by atoms with E-state index in [-0.39, 0.29) is 0 Å². The van der Waals surface area contributed by atoms with E-state index in [2.05, 4.69) is 60.0 Å². The Hall–Kier alpha value is -1.93. The Balaban J connectivity index is 1.60. The molecule has 0 fully saturated rings. The summed E-state index contributed by atoms with van der Waals surface area (Å²) in [7, 11) is 0. The zero-order valence-electron chi connectivity index (χ0n) is 11.8. The minimum Gasteiger partial charge on any atom is -0.241 e. The molecule has 104 valence electrons. The van der Waals surface area contributed by atoms with Crippen LogP contribution in [0.3, 0.4) is 0 Å². The molecule has 4 rings (SSSR count). The van der Waals surface area contributed by atoms with Crippen LogP contribution >= 0.6 is 11.3 Å². The average Bonchev–Trinajstić information content (AvgIpc) is 3.05. The molecule has 0 aliphatic heterocycles. The smallest absolute Gasteiger partial charge is 0.0967 e. The molecule has 1 aliphatic carbocycles. The number of thiazole rings is 1. The Kier molecular flexibility index (Phi) is 3.32. The Morgan fingerprint density at radius 1 is 0.905 bits per heavy atom. The van der Waals surface area contributed by atoms with E-state index in [1.807, 2.05) is 11.3 Å². The molecular formula is C19H17NS. The number of hydrogen-bond donors (Lipinski definition) is 0. The molecule has 0 radical (unpaired) electrons. The minimum absolute atomic E-state index is 0.586. The topological polar surface area (TPSA) is 12.9 Å². The number of nitrogens with zero attached hydrogens (tertiary/aromatic N) is 1. The van der Waals surface area contributed by atoms with Crippen LogP contribution in [0.15, 0.2) is 60.0 Å². The van der Waals surface area contributed by atoms with Gasteiger partial charge in [0.15, 0.2) is 0 Å². The van der Waals surface area contributed by atoms with Crippen LogP contribution in [0.1, 0.15) is 28.5 Å². The lowest BCUT2D eigenvalue weighted by Crippen LogP contribution is -2.12. The van der Waals surface area contributed by atoms with Crippen molar-refractivity contribution in [3.8, 4) is 11.3 Å².